The first-order valence-electron chi connectivity index (χ1n) is 9.44. The zero-order valence-corrected chi connectivity index (χ0v) is 16.0. The van der Waals surface area contributed by atoms with Gasteiger partial charge in [0.25, 0.3) is 0 Å². The minimum Gasteiger partial charge on any atom is -0.326 e. The fraction of sp³-hybridized carbons (Fsp3) is 0.261. The van der Waals surface area contributed by atoms with Crippen molar-refractivity contribution in [1.29, 1.82) is 0 Å². The van der Waals surface area contributed by atoms with Crippen molar-refractivity contribution < 1.29 is 4.79 Å². The summed E-state index contributed by atoms with van der Waals surface area (Å²) >= 11 is 5.97. The summed E-state index contributed by atoms with van der Waals surface area (Å²) in [6, 6.07) is 22.2. The largest absolute Gasteiger partial charge is 0.326 e. The Morgan fingerprint density at radius 3 is 2.63 bits per heavy atom. The highest BCUT2D eigenvalue weighted by atomic mass is 35.5. The first-order valence-corrected chi connectivity index (χ1v) is 9.82. The van der Waals surface area contributed by atoms with E-state index in [9.17, 15) is 4.79 Å². The molecule has 0 bridgehead atoms. The fourth-order valence-electron chi connectivity index (χ4n) is 3.77. The second-order valence-corrected chi connectivity index (χ2v) is 7.69. The van der Waals surface area contributed by atoms with Crippen molar-refractivity contribution in [2.75, 3.05) is 18.4 Å². The van der Waals surface area contributed by atoms with E-state index >= 15 is 0 Å². The third-order valence-corrected chi connectivity index (χ3v) is 5.46. The molecule has 1 saturated heterocycles. The SMILES string of the molecule is O=C(Nc1ccc2ccccc2c1)C1CCCN(Cc2ccc(Cl)cc2)C1. The number of rotatable bonds is 4. The lowest BCUT2D eigenvalue weighted by atomic mass is 9.96. The van der Waals surface area contributed by atoms with Gasteiger partial charge in [0.05, 0.1) is 5.92 Å². The van der Waals surface area contributed by atoms with E-state index in [1.165, 1.54) is 10.9 Å². The Kier molecular flexibility index (Phi) is 5.42. The normalized spacial score (nSPS) is 17.7. The number of hydrogen-bond acceptors (Lipinski definition) is 2. The first-order chi connectivity index (χ1) is 13.2. The predicted molar refractivity (Wildman–Crippen MR) is 112 cm³/mol. The van der Waals surface area contributed by atoms with Crippen LogP contribution in [0.5, 0.6) is 0 Å². The van der Waals surface area contributed by atoms with Gasteiger partial charge in [-0.3, -0.25) is 9.69 Å². The topological polar surface area (TPSA) is 32.3 Å². The van der Waals surface area contributed by atoms with Gasteiger partial charge < -0.3 is 5.32 Å². The van der Waals surface area contributed by atoms with Crippen molar-refractivity contribution in [3.8, 4) is 0 Å². The molecular weight excluding hydrogens is 356 g/mol. The number of fused-ring (bicyclic) bond motifs is 1. The van der Waals surface area contributed by atoms with Crippen LogP contribution in [0.15, 0.2) is 66.7 Å². The van der Waals surface area contributed by atoms with E-state index < -0.39 is 0 Å². The Bertz CT molecular complexity index is 939. The monoisotopic (exact) mass is 378 g/mol. The van der Waals surface area contributed by atoms with Crippen molar-refractivity contribution in [3.63, 3.8) is 0 Å². The van der Waals surface area contributed by atoms with Crippen molar-refractivity contribution in [1.82, 2.24) is 4.90 Å². The number of hydrogen-bond donors (Lipinski definition) is 1. The maximum atomic E-state index is 12.8. The van der Waals surface area contributed by atoms with Gasteiger partial charge in [-0.1, -0.05) is 54.1 Å². The van der Waals surface area contributed by atoms with Crippen LogP contribution >= 0.6 is 11.6 Å². The van der Waals surface area contributed by atoms with Crippen LogP contribution in [0.4, 0.5) is 5.69 Å². The Morgan fingerprint density at radius 1 is 1.04 bits per heavy atom. The number of anilines is 1. The highest BCUT2D eigenvalue weighted by Crippen LogP contribution is 2.23. The maximum absolute atomic E-state index is 12.8. The summed E-state index contributed by atoms with van der Waals surface area (Å²) in [6.07, 6.45) is 1.99. The number of benzene rings is 3. The summed E-state index contributed by atoms with van der Waals surface area (Å²) < 4.78 is 0. The van der Waals surface area contributed by atoms with E-state index in [-0.39, 0.29) is 11.8 Å². The standard InChI is InChI=1S/C23H23ClN2O/c24-21-10-7-17(8-11-21)15-26-13-3-6-20(16-26)23(27)25-22-12-9-18-4-1-2-5-19(18)14-22/h1-2,4-5,7-12,14,20H,3,6,13,15-16H2,(H,25,27). The molecule has 0 saturated carbocycles. The molecule has 0 aromatic heterocycles. The van der Waals surface area contributed by atoms with Crippen LogP contribution < -0.4 is 5.32 Å². The number of carbonyl (C=O) groups excluding carboxylic acids is 1. The van der Waals surface area contributed by atoms with E-state index in [1.54, 1.807) is 0 Å². The molecule has 3 nitrogen and oxygen atoms in total. The van der Waals surface area contributed by atoms with Gasteiger partial charge in [0.1, 0.15) is 0 Å². The summed E-state index contributed by atoms with van der Waals surface area (Å²) in [5, 5.41) is 6.19. The molecule has 1 heterocycles. The molecule has 138 valence electrons. The number of nitrogens with zero attached hydrogens (tertiary/aromatic N) is 1. The van der Waals surface area contributed by atoms with E-state index in [0.29, 0.717) is 0 Å². The molecule has 1 N–H and O–H groups in total. The third kappa shape index (κ3) is 4.49. The van der Waals surface area contributed by atoms with Crippen LogP contribution in [0.25, 0.3) is 10.8 Å². The molecule has 1 unspecified atom stereocenters. The summed E-state index contributed by atoms with van der Waals surface area (Å²) in [7, 11) is 0. The Balaban J connectivity index is 1.39. The Morgan fingerprint density at radius 2 is 1.81 bits per heavy atom. The highest BCUT2D eigenvalue weighted by molar-refractivity contribution is 6.30. The first kappa shape index (κ1) is 18.0. The summed E-state index contributed by atoms with van der Waals surface area (Å²) in [5.41, 5.74) is 2.10. The lowest BCUT2D eigenvalue weighted by Crippen LogP contribution is -2.40. The zero-order valence-electron chi connectivity index (χ0n) is 15.2. The Hall–Kier alpha value is -2.36. The molecule has 1 amide bonds. The molecule has 1 atom stereocenters. The summed E-state index contributed by atoms with van der Waals surface area (Å²) in [4.78, 5) is 15.1. The average Bonchev–Trinajstić information content (AvgIpc) is 2.70. The smallest absolute Gasteiger partial charge is 0.228 e. The zero-order chi connectivity index (χ0) is 18.6. The number of nitrogens with one attached hydrogen (secondary N) is 1. The second-order valence-electron chi connectivity index (χ2n) is 7.25. The number of halogens is 1. The van der Waals surface area contributed by atoms with Gasteiger partial charge in [-0.15, -0.1) is 0 Å². The van der Waals surface area contributed by atoms with E-state index in [1.807, 2.05) is 36.4 Å². The quantitative estimate of drug-likeness (QED) is 0.664. The molecule has 4 rings (SSSR count). The van der Waals surface area contributed by atoms with Crippen molar-refractivity contribution in [3.05, 3.63) is 77.3 Å². The van der Waals surface area contributed by atoms with Crippen LogP contribution in [0.1, 0.15) is 18.4 Å². The van der Waals surface area contributed by atoms with E-state index in [0.717, 1.165) is 48.6 Å². The highest BCUT2D eigenvalue weighted by Gasteiger charge is 2.25. The molecule has 3 aromatic carbocycles. The number of likely N-dealkylation sites (tertiary alicyclic amines) is 1. The number of carbonyl (C=O) groups is 1. The fourth-order valence-corrected chi connectivity index (χ4v) is 3.90. The van der Waals surface area contributed by atoms with Crippen LogP contribution in [-0.2, 0) is 11.3 Å². The van der Waals surface area contributed by atoms with Gasteiger partial charge in [0, 0.05) is 23.8 Å². The summed E-state index contributed by atoms with van der Waals surface area (Å²) in [6.45, 7) is 2.68. The molecule has 3 aromatic rings. The van der Waals surface area contributed by atoms with Crippen molar-refractivity contribution in [2.24, 2.45) is 5.92 Å². The molecular formula is C23H23ClN2O. The molecule has 27 heavy (non-hydrogen) atoms. The molecule has 0 spiro atoms. The van der Waals surface area contributed by atoms with Gasteiger partial charge in [-0.05, 0) is 60.0 Å². The minimum absolute atomic E-state index is 0.0255. The molecule has 1 aliphatic heterocycles. The van der Waals surface area contributed by atoms with Crippen LogP contribution in [0.2, 0.25) is 5.02 Å². The van der Waals surface area contributed by atoms with Gasteiger partial charge in [-0.2, -0.15) is 0 Å². The molecule has 4 heteroatoms. The molecule has 1 aliphatic rings. The van der Waals surface area contributed by atoms with Gasteiger partial charge in [0.15, 0.2) is 0 Å². The van der Waals surface area contributed by atoms with Crippen molar-refractivity contribution >= 4 is 34.0 Å². The van der Waals surface area contributed by atoms with E-state index in [4.69, 9.17) is 11.6 Å². The predicted octanol–water partition coefficient (Wildman–Crippen LogP) is 5.34. The lowest BCUT2D eigenvalue weighted by Gasteiger charge is -2.32. The lowest BCUT2D eigenvalue weighted by molar-refractivity contribution is -0.121. The van der Waals surface area contributed by atoms with Gasteiger partial charge in [-0.25, -0.2) is 0 Å². The average molecular weight is 379 g/mol. The van der Waals surface area contributed by atoms with Crippen molar-refractivity contribution in [2.45, 2.75) is 19.4 Å². The van der Waals surface area contributed by atoms with Gasteiger partial charge >= 0.3 is 0 Å². The second kappa shape index (κ2) is 8.12. The summed E-state index contributed by atoms with van der Waals surface area (Å²) in [5.74, 6) is 0.142. The molecule has 0 aliphatic carbocycles. The van der Waals surface area contributed by atoms with Crippen LogP contribution in [0, 0.1) is 5.92 Å². The molecule has 0 radical (unpaired) electrons. The number of piperidine rings is 1. The van der Waals surface area contributed by atoms with Crippen LogP contribution in [-0.4, -0.2) is 23.9 Å². The van der Waals surface area contributed by atoms with E-state index in [2.05, 4.69) is 40.5 Å². The maximum Gasteiger partial charge on any atom is 0.228 e. The third-order valence-electron chi connectivity index (χ3n) is 5.21. The number of amides is 1. The van der Waals surface area contributed by atoms with Crippen LogP contribution in [0.3, 0.4) is 0 Å². The molecule has 1 fully saturated rings. The van der Waals surface area contributed by atoms with Gasteiger partial charge in [0.2, 0.25) is 5.91 Å². The minimum atomic E-state index is 0.0255. The Labute approximate surface area is 164 Å².